The van der Waals surface area contributed by atoms with Crippen molar-refractivity contribution < 1.29 is 4.79 Å². The smallest absolute Gasteiger partial charge is 0.250 e. The largest absolute Gasteiger partial charge is 0.363 e. The molecule has 1 amide bonds. The Morgan fingerprint density at radius 1 is 1.47 bits per heavy atom. The molecule has 0 saturated carbocycles. The average molecular weight is 269 g/mol. The lowest BCUT2D eigenvalue weighted by atomic mass is 10.2. The van der Waals surface area contributed by atoms with Crippen molar-refractivity contribution in [3.05, 3.63) is 40.9 Å². The minimum Gasteiger partial charge on any atom is -0.363 e. The van der Waals surface area contributed by atoms with Gasteiger partial charge >= 0.3 is 0 Å². The molecule has 1 aromatic rings. The first-order valence-corrected chi connectivity index (χ1v) is 5.93. The number of carbonyl (C=O) groups excluding carboxylic acids is 1. The maximum Gasteiger partial charge on any atom is 0.250 e. The molecule has 0 aliphatic carbocycles. The second kappa shape index (κ2) is 7.04. The Labute approximate surface area is 111 Å². The highest BCUT2D eigenvalue weighted by Crippen LogP contribution is 2.15. The summed E-state index contributed by atoms with van der Waals surface area (Å²) in [6.07, 6.45) is 3.04. The first-order chi connectivity index (χ1) is 8.13. The molecular weight excluding hydrogens is 256 g/mol. The number of benzene rings is 1. The molecule has 1 rings (SSSR count). The van der Waals surface area contributed by atoms with E-state index in [9.17, 15) is 4.79 Å². The number of thiocarbonyl (C=S) groups is 1. The van der Waals surface area contributed by atoms with Crippen molar-refractivity contribution in [3.63, 3.8) is 0 Å². The molecule has 0 spiro atoms. The van der Waals surface area contributed by atoms with E-state index in [2.05, 4.69) is 10.6 Å². The molecule has 0 unspecified atom stereocenters. The fraction of sp³-hybridized carbons (Fsp3) is 0.167. The first kappa shape index (κ1) is 13.7. The minimum atomic E-state index is -0.282. The number of carbonyl (C=O) groups is 1. The van der Waals surface area contributed by atoms with E-state index in [-0.39, 0.29) is 5.91 Å². The summed E-state index contributed by atoms with van der Waals surface area (Å²) >= 11 is 10.8. The van der Waals surface area contributed by atoms with Gasteiger partial charge in [0.15, 0.2) is 5.11 Å². The van der Waals surface area contributed by atoms with Crippen LogP contribution in [0, 0.1) is 0 Å². The second-order valence-electron chi connectivity index (χ2n) is 3.20. The average Bonchev–Trinajstić information content (AvgIpc) is 2.28. The summed E-state index contributed by atoms with van der Waals surface area (Å²) < 4.78 is 0. The standard InChI is InChI=1S/C12H13ClN2OS/c1-2-14-12(17)15-11(16)8-7-9-5-3-4-6-10(9)13/h3-8H,2H2,1H3,(H2,14,15,16,17)/b8-7+. The molecule has 0 atom stereocenters. The quantitative estimate of drug-likeness (QED) is 0.653. The summed E-state index contributed by atoms with van der Waals surface area (Å²) in [5, 5.41) is 6.27. The van der Waals surface area contributed by atoms with Crippen LogP contribution < -0.4 is 10.6 Å². The summed E-state index contributed by atoms with van der Waals surface area (Å²) in [6, 6.07) is 7.28. The van der Waals surface area contributed by atoms with Gasteiger partial charge in [-0.2, -0.15) is 0 Å². The van der Waals surface area contributed by atoms with Gasteiger partial charge in [-0.05, 0) is 36.8 Å². The predicted octanol–water partition coefficient (Wildman–Crippen LogP) is 2.36. The van der Waals surface area contributed by atoms with E-state index in [1.165, 1.54) is 6.08 Å². The van der Waals surface area contributed by atoms with Gasteiger partial charge in [-0.25, -0.2) is 0 Å². The van der Waals surface area contributed by atoms with Gasteiger partial charge in [-0.3, -0.25) is 10.1 Å². The van der Waals surface area contributed by atoms with Crippen molar-refractivity contribution in [1.29, 1.82) is 0 Å². The zero-order valence-electron chi connectivity index (χ0n) is 9.37. The lowest BCUT2D eigenvalue weighted by Gasteiger charge is -2.04. The summed E-state index contributed by atoms with van der Waals surface area (Å²) in [6.45, 7) is 2.57. The van der Waals surface area contributed by atoms with Gasteiger partial charge in [-0.15, -0.1) is 0 Å². The highest BCUT2D eigenvalue weighted by atomic mass is 35.5. The van der Waals surface area contributed by atoms with Crippen LogP contribution in [-0.4, -0.2) is 17.6 Å². The van der Waals surface area contributed by atoms with Crippen molar-refractivity contribution >= 4 is 40.9 Å². The van der Waals surface area contributed by atoms with E-state index in [0.29, 0.717) is 16.7 Å². The fourth-order valence-electron chi connectivity index (χ4n) is 1.13. The Kier molecular flexibility index (Phi) is 5.66. The van der Waals surface area contributed by atoms with Gasteiger partial charge < -0.3 is 5.32 Å². The van der Waals surface area contributed by atoms with E-state index in [0.717, 1.165) is 5.56 Å². The molecule has 0 heterocycles. The van der Waals surface area contributed by atoms with Gasteiger partial charge in [-0.1, -0.05) is 29.8 Å². The van der Waals surface area contributed by atoms with Crippen LogP contribution in [0.4, 0.5) is 0 Å². The molecule has 0 radical (unpaired) electrons. The lowest BCUT2D eigenvalue weighted by molar-refractivity contribution is -0.115. The van der Waals surface area contributed by atoms with E-state index in [1.54, 1.807) is 12.1 Å². The first-order valence-electron chi connectivity index (χ1n) is 5.15. The Morgan fingerprint density at radius 2 is 2.18 bits per heavy atom. The molecule has 2 N–H and O–H groups in total. The van der Waals surface area contributed by atoms with Crippen LogP contribution in [0.1, 0.15) is 12.5 Å². The molecule has 1 aromatic carbocycles. The maximum atomic E-state index is 11.4. The van der Waals surface area contributed by atoms with Crippen LogP contribution >= 0.6 is 23.8 Å². The minimum absolute atomic E-state index is 0.282. The van der Waals surface area contributed by atoms with Crippen molar-refractivity contribution in [3.8, 4) is 0 Å². The lowest BCUT2D eigenvalue weighted by Crippen LogP contribution is -2.38. The molecule has 90 valence electrons. The summed E-state index contributed by atoms with van der Waals surface area (Å²) in [7, 11) is 0. The van der Waals surface area contributed by atoms with Gasteiger partial charge in [0.1, 0.15) is 0 Å². The number of rotatable bonds is 3. The van der Waals surface area contributed by atoms with E-state index >= 15 is 0 Å². The van der Waals surface area contributed by atoms with Crippen LogP contribution in [0.15, 0.2) is 30.3 Å². The van der Waals surface area contributed by atoms with Crippen LogP contribution in [0.5, 0.6) is 0 Å². The van der Waals surface area contributed by atoms with Gasteiger partial charge in [0.2, 0.25) is 5.91 Å². The van der Waals surface area contributed by atoms with E-state index in [4.69, 9.17) is 23.8 Å². The zero-order chi connectivity index (χ0) is 12.7. The maximum absolute atomic E-state index is 11.4. The molecule has 5 heteroatoms. The molecule has 17 heavy (non-hydrogen) atoms. The molecule has 0 bridgehead atoms. The number of halogens is 1. The number of hydrogen-bond donors (Lipinski definition) is 2. The molecular formula is C12H13ClN2OS. The number of hydrogen-bond acceptors (Lipinski definition) is 2. The SMILES string of the molecule is CCNC(=S)NC(=O)/C=C/c1ccccc1Cl. The zero-order valence-corrected chi connectivity index (χ0v) is 10.9. The molecule has 0 saturated heterocycles. The fourth-order valence-corrected chi connectivity index (χ4v) is 1.58. The Bertz CT molecular complexity index is 446. The van der Waals surface area contributed by atoms with Crippen LogP contribution in [0.3, 0.4) is 0 Å². The van der Waals surface area contributed by atoms with Crippen molar-refractivity contribution in [2.75, 3.05) is 6.54 Å². The summed E-state index contributed by atoms with van der Waals surface area (Å²) in [5.74, 6) is -0.282. The Hall–Kier alpha value is -1.39. The Morgan fingerprint density at radius 3 is 2.82 bits per heavy atom. The summed E-state index contributed by atoms with van der Waals surface area (Å²) in [4.78, 5) is 11.4. The second-order valence-corrected chi connectivity index (χ2v) is 4.02. The van der Waals surface area contributed by atoms with Crippen molar-refractivity contribution in [2.45, 2.75) is 6.92 Å². The molecule has 0 aromatic heterocycles. The van der Waals surface area contributed by atoms with Gasteiger partial charge in [0.25, 0.3) is 0 Å². The highest BCUT2D eigenvalue weighted by molar-refractivity contribution is 7.80. The Balaban J connectivity index is 2.57. The topological polar surface area (TPSA) is 41.1 Å². The van der Waals surface area contributed by atoms with Crippen LogP contribution in [-0.2, 0) is 4.79 Å². The predicted molar refractivity (Wildman–Crippen MR) is 74.9 cm³/mol. The van der Waals surface area contributed by atoms with E-state index < -0.39 is 0 Å². The third-order valence-corrected chi connectivity index (χ3v) is 2.48. The number of nitrogens with one attached hydrogen (secondary N) is 2. The van der Waals surface area contributed by atoms with Gasteiger partial charge in [0, 0.05) is 17.6 Å². The normalized spacial score (nSPS) is 10.2. The van der Waals surface area contributed by atoms with Crippen LogP contribution in [0.25, 0.3) is 6.08 Å². The van der Waals surface area contributed by atoms with Crippen molar-refractivity contribution in [1.82, 2.24) is 10.6 Å². The molecule has 3 nitrogen and oxygen atoms in total. The van der Waals surface area contributed by atoms with Crippen LogP contribution in [0.2, 0.25) is 5.02 Å². The number of amides is 1. The highest BCUT2D eigenvalue weighted by Gasteiger charge is 1.99. The monoisotopic (exact) mass is 268 g/mol. The molecule has 0 aliphatic heterocycles. The third kappa shape index (κ3) is 4.97. The summed E-state index contributed by atoms with van der Waals surface area (Å²) in [5.41, 5.74) is 0.790. The van der Waals surface area contributed by atoms with E-state index in [1.807, 2.05) is 25.1 Å². The molecule has 0 fully saturated rings. The third-order valence-electron chi connectivity index (χ3n) is 1.89. The van der Waals surface area contributed by atoms with Crippen molar-refractivity contribution in [2.24, 2.45) is 0 Å². The van der Waals surface area contributed by atoms with Gasteiger partial charge in [0.05, 0.1) is 0 Å². The molecule has 0 aliphatic rings.